The molecule has 1 saturated carbocycles. The third-order valence-corrected chi connectivity index (χ3v) is 3.79. The SMILES string of the molecule is Cc1nc(C(=O)C2CCC(N)CC2)cs1. The summed E-state index contributed by atoms with van der Waals surface area (Å²) in [5.74, 6) is 0.373. The van der Waals surface area contributed by atoms with Gasteiger partial charge >= 0.3 is 0 Å². The molecule has 3 nitrogen and oxygen atoms in total. The fourth-order valence-corrected chi connectivity index (χ4v) is 2.67. The smallest absolute Gasteiger partial charge is 0.185 e. The van der Waals surface area contributed by atoms with Crippen LogP contribution in [-0.2, 0) is 0 Å². The molecule has 0 atom stereocenters. The van der Waals surface area contributed by atoms with Gasteiger partial charge < -0.3 is 5.73 Å². The molecule has 1 aliphatic carbocycles. The number of Topliss-reactive ketones (excluding diaryl/α,β-unsaturated/α-hetero) is 1. The van der Waals surface area contributed by atoms with Crippen LogP contribution in [0, 0.1) is 12.8 Å². The summed E-state index contributed by atoms with van der Waals surface area (Å²) in [7, 11) is 0. The predicted molar refractivity (Wildman–Crippen MR) is 61.1 cm³/mol. The Morgan fingerprint density at radius 2 is 2.13 bits per heavy atom. The predicted octanol–water partition coefficient (Wildman–Crippen LogP) is 2.15. The highest BCUT2D eigenvalue weighted by molar-refractivity contribution is 7.09. The van der Waals surface area contributed by atoms with Crippen molar-refractivity contribution in [2.45, 2.75) is 38.6 Å². The van der Waals surface area contributed by atoms with Crippen molar-refractivity contribution in [3.8, 4) is 0 Å². The Morgan fingerprint density at radius 1 is 1.47 bits per heavy atom. The van der Waals surface area contributed by atoms with E-state index in [1.54, 1.807) is 11.3 Å². The van der Waals surface area contributed by atoms with Gasteiger partial charge in [0.25, 0.3) is 0 Å². The zero-order valence-corrected chi connectivity index (χ0v) is 9.72. The van der Waals surface area contributed by atoms with Gasteiger partial charge in [-0.1, -0.05) is 0 Å². The Bertz CT molecular complexity index is 353. The van der Waals surface area contributed by atoms with Crippen molar-refractivity contribution in [3.05, 3.63) is 16.1 Å². The molecule has 1 aromatic heterocycles. The molecule has 0 spiro atoms. The minimum Gasteiger partial charge on any atom is -0.328 e. The van der Waals surface area contributed by atoms with Gasteiger partial charge in [0.05, 0.1) is 5.01 Å². The lowest BCUT2D eigenvalue weighted by atomic mass is 9.83. The standard InChI is InChI=1S/C11H16N2OS/c1-7-13-10(6-15-7)11(14)8-2-4-9(12)5-3-8/h6,8-9H,2-5,12H2,1H3. The number of aryl methyl sites for hydroxylation is 1. The van der Waals surface area contributed by atoms with Crippen LogP contribution in [0.5, 0.6) is 0 Å². The molecule has 1 aliphatic rings. The summed E-state index contributed by atoms with van der Waals surface area (Å²) < 4.78 is 0. The molecule has 0 radical (unpaired) electrons. The molecule has 2 N–H and O–H groups in total. The summed E-state index contributed by atoms with van der Waals surface area (Å²) in [6.07, 6.45) is 3.80. The Balaban J connectivity index is 2.02. The lowest BCUT2D eigenvalue weighted by Gasteiger charge is -2.24. The van der Waals surface area contributed by atoms with E-state index in [-0.39, 0.29) is 11.7 Å². The van der Waals surface area contributed by atoms with E-state index < -0.39 is 0 Å². The second kappa shape index (κ2) is 4.41. The first kappa shape index (κ1) is 10.8. The molecule has 0 unspecified atom stereocenters. The van der Waals surface area contributed by atoms with Crippen LogP contribution in [0.3, 0.4) is 0 Å². The van der Waals surface area contributed by atoms with E-state index in [0.29, 0.717) is 11.7 Å². The van der Waals surface area contributed by atoms with Crippen LogP contribution in [0.15, 0.2) is 5.38 Å². The number of hydrogen-bond acceptors (Lipinski definition) is 4. The number of hydrogen-bond donors (Lipinski definition) is 1. The third-order valence-electron chi connectivity index (χ3n) is 3.01. The minimum absolute atomic E-state index is 0.159. The molecule has 0 saturated heterocycles. The van der Waals surface area contributed by atoms with Gasteiger partial charge in [0, 0.05) is 17.3 Å². The first-order chi connectivity index (χ1) is 7.16. The second-order valence-electron chi connectivity index (χ2n) is 4.23. The molecule has 4 heteroatoms. The average molecular weight is 224 g/mol. The first-order valence-electron chi connectivity index (χ1n) is 5.38. The molecule has 1 fully saturated rings. The normalized spacial score (nSPS) is 26.5. The van der Waals surface area contributed by atoms with Crippen molar-refractivity contribution >= 4 is 17.1 Å². The molecule has 0 bridgehead atoms. The van der Waals surface area contributed by atoms with E-state index in [0.717, 1.165) is 30.7 Å². The lowest BCUT2D eigenvalue weighted by molar-refractivity contribution is 0.0880. The highest BCUT2D eigenvalue weighted by atomic mass is 32.1. The van der Waals surface area contributed by atoms with Gasteiger partial charge in [-0.2, -0.15) is 0 Å². The number of rotatable bonds is 2. The molecule has 82 valence electrons. The van der Waals surface area contributed by atoms with Crippen LogP contribution in [0.2, 0.25) is 0 Å². The number of thiazole rings is 1. The Kier molecular flexibility index (Phi) is 3.17. The topological polar surface area (TPSA) is 56.0 Å². The van der Waals surface area contributed by atoms with Crippen LogP contribution < -0.4 is 5.73 Å². The molecule has 0 aliphatic heterocycles. The van der Waals surface area contributed by atoms with Gasteiger partial charge in [0.1, 0.15) is 5.69 Å². The Labute approximate surface area is 93.7 Å². The molecule has 15 heavy (non-hydrogen) atoms. The maximum Gasteiger partial charge on any atom is 0.185 e. The van der Waals surface area contributed by atoms with Crippen molar-refractivity contribution in [1.82, 2.24) is 4.98 Å². The summed E-state index contributed by atoms with van der Waals surface area (Å²) in [6, 6.07) is 0.297. The zero-order chi connectivity index (χ0) is 10.8. The van der Waals surface area contributed by atoms with Gasteiger partial charge in [-0.25, -0.2) is 4.98 Å². The fourth-order valence-electron chi connectivity index (χ4n) is 2.07. The first-order valence-corrected chi connectivity index (χ1v) is 6.26. The molecule has 0 aromatic carbocycles. The largest absolute Gasteiger partial charge is 0.328 e. The van der Waals surface area contributed by atoms with Crippen LogP contribution in [0.1, 0.15) is 41.2 Å². The van der Waals surface area contributed by atoms with Crippen LogP contribution in [-0.4, -0.2) is 16.8 Å². The van der Waals surface area contributed by atoms with E-state index in [1.165, 1.54) is 0 Å². The monoisotopic (exact) mass is 224 g/mol. The van der Waals surface area contributed by atoms with Crippen molar-refractivity contribution in [2.24, 2.45) is 11.7 Å². The number of carbonyl (C=O) groups excluding carboxylic acids is 1. The highest BCUT2D eigenvalue weighted by Gasteiger charge is 2.26. The van der Waals surface area contributed by atoms with E-state index in [9.17, 15) is 4.79 Å². The maximum atomic E-state index is 12.0. The van der Waals surface area contributed by atoms with Crippen molar-refractivity contribution in [1.29, 1.82) is 0 Å². The van der Waals surface area contributed by atoms with Gasteiger partial charge in [-0.05, 0) is 32.6 Å². The fraction of sp³-hybridized carbons (Fsp3) is 0.636. The average Bonchev–Trinajstić information content (AvgIpc) is 2.65. The van der Waals surface area contributed by atoms with Crippen LogP contribution >= 0.6 is 11.3 Å². The molecular formula is C11H16N2OS. The molecular weight excluding hydrogens is 208 g/mol. The zero-order valence-electron chi connectivity index (χ0n) is 8.90. The van der Waals surface area contributed by atoms with E-state index in [1.807, 2.05) is 12.3 Å². The van der Waals surface area contributed by atoms with Crippen LogP contribution in [0.4, 0.5) is 0 Å². The second-order valence-corrected chi connectivity index (χ2v) is 5.29. The summed E-state index contributed by atoms with van der Waals surface area (Å²) in [5.41, 5.74) is 6.47. The van der Waals surface area contributed by atoms with Gasteiger partial charge in [0.15, 0.2) is 5.78 Å². The summed E-state index contributed by atoms with van der Waals surface area (Å²) >= 11 is 1.54. The maximum absolute atomic E-state index is 12.0. The summed E-state index contributed by atoms with van der Waals surface area (Å²) in [4.78, 5) is 16.3. The number of carbonyl (C=O) groups is 1. The van der Waals surface area contributed by atoms with Crippen molar-refractivity contribution < 1.29 is 4.79 Å². The lowest BCUT2D eigenvalue weighted by Crippen LogP contribution is -2.30. The van der Waals surface area contributed by atoms with E-state index >= 15 is 0 Å². The number of aromatic nitrogens is 1. The Morgan fingerprint density at radius 3 is 2.67 bits per heavy atom. The summed E-state index contributed by atoms with van der Waals surface area (Å²) in [5, 5.41) is 2.83. The highest BCUT2D eigenvalue weighted by Crippen LogP contribution is 2.26. The van der Waals surface area contributed by atoms with Gasteiger partial charge in [0.2, 0.25) is 0 Å². The van der Waals surface area contributed by atoms with E-state index in [2.05, 4.69) is 4.98 Å². The Hall–Kier alpha value is -0.740. The van der Waals surface area contributed by atoms with Crippen molar-refractivity contribution in [3.63, 3.8) is 0 Å². The van der Waals surface area contributed by atoms with Crippen LogP contribution in [0.25, 0.3) is 0 Å². The van der Waals surface area contributed by atoms with Crippen molar-refractivity contribution in [2.75, 3.05) is 0 Å². The number of ketones is 1. The molecule has 0 amide bonds. The van der Waals surface area contributed by atoms with Gasteiger partial charge in [-0.15, -0.1) is 11.3 Å². The number of nitrogens with zero attached hydrogens (tertiary/aromatic N) is 1. The minimum atomic E-state index is 0.159. The quantitative estimate of drug-likeness (QED) is 0.783. The molecule has 1 aromatic rings. The molecule has 1 heterocycles. The summed E-state index contributed by atoms with van der Waals surface area (Å²) in [6.45, 7) is 1.93. The van der Waals surface area contributed by atoms with E-state index in [4.69, 9.17) is 5.73 Å². The molecule has 2 rings (SSSR count). The van der Waals surface area contributed by atoms with Gasteiger partial charge in [-0.3, -0.25) is 4.79 Å². The third kappa shape index (κ3) is 2.44. The number of nitrogens with two attached hydrogens (primary N) is 1.